The van der Waals surface area contributed by atoms with Crippen LogP contribution in [0.1, 0.15) is 30.1 Å². The van der Waals surface area contributed by atoms with E-state index in [1.807, 2.05) is 6.92 Å². The Morgan fingerprint density at radius 2 is 1.82 bits per heavy atom. The van der Waals surface area contributed by atoms with Gasteiger partial charge in [0.25, 0.3) is 5.56 Å². The molecule has 1 N–H and O–H groups in total. The third kappa shape index (κ3) is 2.81. The van der Waals surface area contributed by atoms with Gasteiger partial charge in [0.1, 0.15) is 4.83 Å². The predicted octanol–water partition coefficient (Wildman–Crippen LogP) is 2.54. The standard InChI is InChI=1S/C15H22N2O4S/c1-8(2)7-10-9(3)11-12(18)16-14(17-13(11)22-10)15(19-4,20-5)21-6/h8H,7H2,1-6H3,(H,16,17,18). The smallest absolute Gasteiger partial charge is 0.325 e. The van der Waals surface area contributed by atoms with Gasteiger partial charge in [0.05, 0.1) is 5.39 Å². The molecule has 0 fully saturated rings. The number of nitrogens with zero attached hydrogens (tertiary/aromatic N) is 1. The molecule has 2 rings (SSSR count). The summed E-state index contributed by atoms with van der Waals surface area (Å²) in [6, 6.07) is 0. The van der Waals surface area contributed by atoms with Crippen molar-refractivity contribution in [3.8, 4) is 0 Å². The van der Waals surface area contributed by atoms with Crippen LogP contribution in [0.5, 0.6) is 0 Å². The van der Waals surface area contributed by atoms with Crippen LogP contribution in [0.4, 0.5) is 0 Å². The van der Waals surface area contributed by atoms with E-state index in [4.69, 9.17) is 14.2 Å². The van der Waals surface area contributed by atoms with Crippen molar-refractivity contribution in [2.24, 2.45) is 5.92 Å². The number of aromatic nitrogens is 2. The Balaban J connectivity index is 2.65. The van der Waals surface area contributed by atoms with Crippen LogP contribution in [0.15, 0.2) is 4.79 Å². The van der Waals surface area contributed by atoms with E-state index < -0.39 is 5.97 Å². The SMILES string of the molecule is COC(OC)(OC)c1nc2sc(CC(C)C)c(C)c2c(=O)[nH]1. The van der Waals surface area contributed by atoms with Crippen molar-refractivity contribution in [2.75, 3.05) is 21.3 Å². The van der Waals surface area contributed by atoms with Gasteiger partial charge in [-0.3, -0.25) is 4.79 Å². The van der Waals surface area contributed by atoms with Crippen LogP contribution in [-0.4, -0.2) is 31.3 Å². The van der Waals surface area contributed by atoms with Crippen molar-refractivity contribution in [3.05, 3.63) is 26.6 Å². The molecule has 0 aliphatic carbocycles. The molecule has 2 aromatic rings. The topological polar surface area (TPSA) is 73.4 Å². The zero-order valence-electron chi connectivity index (χ0n) is 13.8. The van der Waals surface area contributed by atoms with Crippen molar-refractivity contribution < 1.29 is 14.2 Å². The minimum atomic E-state index is -1.51. The molecule has 6 nitrogen and oxygen atoms in total. The Kier molecular flexibility index (Phi) is 5.01. The molecule has 0 amide bonds. The van der Waals surface area contributed by atoms with E-state index in [2.05, 4.69) is 23.8 Å². The summed E-state index contributed by atoms with van der Waals surface area (Å²) in [6.45, 7) is 6.26. The molecule has 2 aromatic heterocycles. The lowest BCUT2D eigenvalue weighted by atomic mass is 10.1. The number of thiophene rings is 1. The van der Waals surface area contributed by atoms with E-state index in [1.54, 1.807) is 0 Å². The molecule has 0 bridgehead atoms. The second-order valence-electron chi connectivity index (χ2n) is 5.51. The first-order valence-electron chi connectivity index (χ1n) is 7.06. The summed E-state index contributed by atoms with van der Waals surface area (Å²) >= 11 is 1.53. The van der Waals surface area contributed by atoms with Crippen molar-refractivity contribution in [1.82, 2.24) is 9.97 Å². The molecule has 0 aliphatic rings. The average molecular weight is 326 g/mol. The predicted molar refractivity (Wildman–Crippen MR) is 86.2 cm³/mol. The number of fused-ring (bicyclic) bond motifs is 1. The first-order valence-corrected chi connectivity index (χ1v) is 7.88. The largest absolute Gasteiger partial charge is 0.345 e. The molecule has 0 aliphatic heterocycles. The molecule has 0 aromatic carbocycles. The molecule has 0 atom stereocenters. The lowest BCUT2D eigenvalue weighted by Gasteiger charge is -2.26. The Labute approximate surface area is 133 Å². The van der Waals surface area contributed by atoms with E-state index in [1.165, 1.54) is 37.5 Å². The number of rotatable bonds is 6. The summed E-state index contributed by atoms with van der Waals surface area (Å²) < 4.78 is 15.8. The van der Waals surface area contributed by atoms with Crippen molar-refractivity contribution >= 4 is 21.6 Å². The van der Waals surface area contributed by atoms with Crippen molar-refractivity contribution in [1.29, 1.82) is 0 Å². The van der Waals surface area contributed by atoms with Gasteiger partial charge in [0.15, 0.2) is 0 Å². The maximum absolute atomic E-state index is 12.5. The van der Waals surface area contributed by atoms with E-state index in [0.717, 1.165) is 12.0 Å². The maximum atomic E-state index is 12.5. The molecule has 0 spiro atoms. The Hall–Kier alpha value is -1.28. The quantitative estimate of drug-likeness (QED) is 0.826. The van der Waals surface area contributed by atoms with Crippen LogP contribution in [-0.2, 0) is 26.6 Å². The van der Waals surface area contributed by atoms with Crippen LogP contribution < -0.4 is 5.56 Å². The second-order valence-corrected chi connectivity index (χ2v) is 6.60. The number of aromatic amines is 1. The Morgan fingerprint density at radius 1 is 1.23 bits per heavy atom. The molecular weight excluding hydrogens is 304 g/mol. The van der Waals surface area contributed by atoms with E-state index in [-0.39, 0.29) is 11.4 Å². The molecule has 0 saturated carbocycles. The van der Waals surface area contributed by atoms with E-state index in [0.29, 0.717) is 16.1 Å². The van der Waals surface area contributed by atoms with Crippen LogP contribution in [0.25, 0.3) is 10.2 Å². The average Bonchev–Trinajstić information content (AvgIpc) is 2.78. The summed E-state index contributed by atoms with van der Waals surface area (Å²) in [5, 5.41) is 0.626. The molecule has 0 unspecified atom stereocenters. The summed E-state index contributed by atoms with van der Waals surface area (Å²) in [5.41, 5.74) is 0.783. The number of methoxy groups -OCH3 is 3. The number of hydrogen-bond acceptors (Lipinski definition) is 6. The number of hydrogen-bond donors (Lipinski definition) is 1. The number of aryl methyl sites for hydroxylation is 1. The first kappa shape index (κ1) is 17.1. The van der Waals surface area contributed by atoms with Crippen LogP contribution in [0.3, 0.4) is 0 Å². The highest BCUT2D eigenvalue weighted by Crippen LogP contribution is 2.31. The molecule has 0 radical (unpaired) electrons. The Morgan fingerprint density at radius 3 is 2.32 bits per heavy atom. The molecule has 122 valence electrons. The second kappa shape index (κ2) is 6.45. The van der Waals surface area contributed by atoms with Gasteiger partial charge in [-0.15, -0.1) is 11.3 Å². The third-order valence-electron chi connectivity index (χ3n) is 3.59. The van der Waals surface area contributed by atoms with Gasteiger partial charge < -0.3 is 19.2 Å². The van der Waals surface area contributed by atoms with E-state index in [9.17, 15) is 4.79 Å². The van der Waals surface area contributed by atoms with Gasteiger partial charge >= 0.3 is 5.97 Å². The van der Waals surface area contributed by atoms with E-state index >= 15 is 0 Å². The molecule has 2 heterocycles. The summed E-state index contributed by atoms with van der Waals surface area (Å²) in [6.07, 6.45) is 0.922. The highest BCUT2D eigenvalue weighted by atomic mass is 32.1. The number of ether oxygens (including phenoxy) is 3. The van der Waals surface area contributed by atoms with Gasteiger partial charge in [-0.2, -0.15) is 0 Å². The van der Waals surface area contributed by atoms with Gasteiger partial charge in [-0.05, 0) is 24.8 Å². The fourth-order valence-electron chi connectivity index (χ4n) is 2.44. The summed E-state index contributed by atoms with van der Waals surface area (Å²) in [4.78, 5) is 21.5. The van der Waals surface area contributed by atoms with Gasteiger partial charge in [-0.1, -0.05) is 13.8 Å². The van der Waals surface area contributed by atoms with Crippen LogP contribution in [0, 0.1) is 12.8 Å². The fourth-order valence-corrected chi connectivity index (χ4v) is 3.83. The monoisotopic (exact) mass is 326 g/mol. The highest BCUT2D eigenvalue weighted by molar-refractivity contribution is 7.18. The zero-order chi connectivity index (χ0) is 16.5. The molecular formula is C15H22N2O4S. The number of H-pyrrole nitrogens is 1. The normalized spacial score (nSPS) is 12.5. The summed E-state index contributed by atoms with van der Waals surface area (Å²) in [5.74, 6) is -0.792. The molecule has 7 heteroatoms. The molecule has 0 saturated heterocycles. The zero-order valence-corrected chi connectivity index (χ0v) is 14.6. The Bertz CT molecular complexity index is 708. The number of nitrogens with one attached hydrogen (secondary N) is 1. The summed E-state index contributed by atoms with van der Waals surface area (Å²) in [7, 11) is 4.29. The lowest BCUT2D eigenvalue weighted by Crippen LogP contribution is -2.36. The first-order chi connectivity index (χ1) is 10.4. The fraction of sp³-hybridized carbons (Fsp3) is 0.600. The molecule has 22 heavy (non-hydrogen) atoms. The highest BCUT2D eigenvalue weighted by Gasteiger charge is 2.36. The van der Waals surface area contributed by atoms with Crippen LogP contribution in [0.2, 0.25) is 0 Å². The van der Waals surface area contributed by atoms with Crippen molar-refractivity contribution in [2.45, 2.75) is 33.2 Å². The lowest BCUT2D eigenvalue weighted by molar-refractivity contribution is -0.368. The van der Waals surface area contributed by atoms with Gasteiger partial charge in [0.2, 0.25) is 5.82 Å². The minimum Gasteiger partial charge on any atom is -0.325 e. The third-order valence-corrected chi connectivity index (χ3v) is 4.80. The minimum absolute atomic E-state index is 0.204. The maximum Gasteiger partial charge on any atom is 0.345 e. The van der Waals surface area contributed by atoms with Gasteiger partial charge in [0, 0.05) is 26.2 Å². The van der Waals surface area contributed by atoms with Gasteiger partial charge in [-0.25, -0.2) is 4.98 Å². The van der Waals surface area contributed by atoms with Crippen LogP contribution >= 0.6 is 11.3 Å². The van der Waals surface area contributed by atoms with Crippen molar-refractivity contribution in [3.63, 3.8) is 0 Å².